The van der Waals surface area contributed by atoms with Gasteiger partial charge in [0.05, 0.1) is 5.41 Å². The first-order chi connectivity index (χ1) is 13.1. The van der Waals surface area contributed by atoms with Crippen molar-refractivity contribution >= 4 is 22.6 Å². The van der Waals surface area contributed by atoms with Gasteiger partial charge in [0.2, 0.25) is 5.78 Å². The second-order valence-electron chi connectivity index (χ2n) is 9.41. The number of hydrogen-bond acceptors (Lipinski definition) is 3. The predicted molar refractivity (Wildman–Crippen MR) is 108 cm³/mol. The average Bonchev–Trinajstić information content (AvgIpc) is 3.14. The number of esters is 1. The molecule has 1 heterocycles. The first-order valence-electron chi connectivity index (χ1n) is 10.6. The van der Waals surface area contributed by atoms with Crippen LogP contribution < -0.4 is 4.74 Å². The molecular formula is C23H29O3S+. The van der Waals surface area contributed by atoms with Crippen LogP contribution in [0.3, 0.4) is 0 Å². The van der Waals surface area contributed by atoms with Gasteiger partial charge in [0.1, 0.15) is 17.3 Å². The highest BCUT2D eigenvalue weighted by molar-refractivity contribution is 7.97. The molecule has 0 spiro atoms. The van der Waals surface area contributed by atoms with Crippen molar-refractivity contribution in [3.05, 3.63) is 29.8 Å². The SMILES string of the molecule is O=C(C[S+]1CCCC1)c1ccc(OC(=O)C23CC4CC(CC(C4)C2)C3)cc1. The van der Waals surface area contributed by atoms with E-state index in [2.05, 4.69) is 0 Å². The quantitative estimate of drug-likeness (QED) is 0.326. The Morgan fingerprint density at radius 1 is 0.926 bits per heavy atom. The summed E-state index contributed by atoms with van der Waals surface area (Å²) in [5.74, 6) is 6.13. The van der Waals surface area contributed by atoms with E-state index < -0.39 is 0 Å². The Balaban J connectivity index is 1.23. The van der Waals surface area contributed by atoms with Gasteiger partial charge in [0.25, 0.3) is 0 Å². The van der Waals surface area contributed by atoms with Crippen LogP contribution >= 0.6 is 0 Å². The van der Waals surface area contributed by atoms with Gasteiger partial charge in [-0.15, -0.1) is 0 Å². The van der Waals surface area contributed by atoms with E-state index in [4.69, 9.17) is 4.74 Å². The van der Waals surface area contributed by atoms with Crippen molar-refractivity contribution in [2.24, 2.45) is 23.2 Å². The van der Waals surface area contributed by atoms with Crippen LogP contribution in [0.5, 0.6) is 5.75 Å². The molecular weight excluding hydrogens is 356 g/mol. The van der Waals surface area contributed by atoms with Gasteiger partial charge in [-0.05, 0) is 104 Å². The summed E-state index contributed by atoms with van der Waals surface area (Å²) in [4.78, 5) is 25.5. The number of rotatable bonds is 5. The summed E-state index contributed by atoms with van der Waals surface area (Å²) in [7, 11) is 0.286. The van der Waals surface area contributed by atoms with Gasteiger partial charge >= 0.3 is 5.97 Å². The molecule has 6 rings (SSSR count). The predicted octanol–water partition coefficient (Wildman–Crippen LogP) is 4.40. The molecule has 144 valence electrons. The van der Waals surface area contributed by atoms with Crippen molar-refractivity contribution in [3.63, 3.8) is 0 Å². The Morgan fingerprint density at radius 3 is 2.04 bits per heavy atom. The van der Waals surface area contributed by atoms with Crippen LogP contribution in [-0.4, -0.2) is 29.0 Å². The Morgan fingerprint density at radius 2 is 1.48 bits per heavy atom. The summed E-state index contributed by atoms with van der Waals surface area (Å²) >= 11 is 0. The van der Waals surface area contributed by atoms with Gasteiger partial charge in [0, 0.05) is 5.56 Å². The van der Waals surface area contributed by atoms with Gasteiger partial charge in [-0.2, -0.15) is 0 Å². The highest BCUT2D eigenvalue weighted by atomic mass is 32.2. The monoisotopic (exact) mass is 385 g/mol. The lowest BCUT2D eigenvalue weighted by Gasteiger charge is -2.55. The number of ether oxygens (including phenoxy) is 1. The lowest BCUT2D eigenvalue weighted by Crippen LogP contribution is -2.51. The van der Waals surface area contributed by atoms with Gasteiger partial charge in [-0.1, -0.05) is 0 Å². The fraction of sp³-hybridized carbons (Fsp3) is 0.652. The van der Waals surface area contributed by atoms with Crippen LogP contribution in [0, 0.1) is 23.2 Å². The summed E-state index contributed by atoms with van der Waals surface area (Å²) in [6.07, 6.45) is 9.59. The molecule has 0 atom stereocenters. The molecule has 1 saturated heterocycles. The fourth-order valence-corrected chi connectivity index (χ4v) is 8.67. The molecule has 0 unspecified atom stereocenters. The third-order valence-electron chi connectivity index (χ3n) is 7.31. The Kier molecular flexibility index (Phi) is 4.58. The molecule has 27 heavy (non-hydrogen) atoms. The van der Waals surface area contributed by atoms with Crippen molar-refractivity contribution < 1.29 is 14.3 Å². The summed E-state index contributed by atoms with van der Waals surface area (Å²) < 4.78 is 5.82. The lowest BCUT2D eigenvalue weighted by atomic mass is 9.49. The second-order valence-corrected chi connectivity index (χ2v) is 11.7. The van der Waals surface area contributed by atoms with Crippen LogP contribution in [0.2, 0.25) is 0 Å². The number of Topliss-reactive ketones (excluding diaryl/α,β-unsaturated/α-hetero) is 1. The third kappa shape index (κ3) is 3.46. The number of carbonyl (C=O) groups excluding carboxylic acids is 2. The molecule has 4 heteroatoms. The molecule has 1 aromatic carbocycles. The molecule has 4 bridgehead atoms. The van der Waals surface area contributed by atoms with Crippen LogP contribution in [0.15, 0.2) is 24.3 Å². The Hall–Kier alpha value is -1.29. The minimum atomic E-state index is -0.229. The first-order valence-corrected chi connectivity index (χ1v) is 12.3. The summed E-state index contributed by atoms with van der Waals surface area (Å²) in [5, 5.41) is 0. The normalized spacial score (nSPS) is 34.7. The first kappa shape index (κ1) is 17.8. The van der Waals surface area contributed by atoms with E-state index in [1.54, 1.807) is 0 Å². The van der Waals surface area contributed by atoms with Gasteiger partial charge in [0.15, 0.2) is 5.75 Å². The maximum absolute atomic E-state index is 13.0. The van der Waals surface area contributed by atoms with Gasteiger partial charge < -0.3 is 4.74 Å². The van der Waals surface area contributed by atoms with Crippen molar-refractivity contribution in [1.82, 2.24) is 0 Å². The summed E-state index contributed by atoms with van der Waals surface area (Å²) in [5.41, 5.74) is 0.524. The molecule has 1 aromatic rings. The molecule has 0 aromatic heterocycles. The van der Waals surface area contributed by atoms with Crippen LogP contribution in [-0.2, 0) is 15.7 Å². The van der Waals surface area contributed by atoms with Crippen molar-refractivity contribution in [1.29, 1.82) is 0 Å². The van der Waals surface area contributed by atoms with Gasteiger partial charge in [-0.3, -0.25) is 9.59 Å². The smallest absolute Gasteiger partial charge is 0.317 e. The highest BCUT2D eigenvalue weighted by Gasteiger charge is 2.55. The number of hydrogen-bond donors (Lipinski definition) is 0. The van der Waals surface area contributed by atoms with Crippen LogP contribution in [0.25, 0.3) is 0 Å². The standard InChI is InChI=1S/C23H29O3S/c24-21(15-27-7-1-2-8-27)19-3-5-20(6-4-19)26-22(25)23-12-16-9-17(13-23)11-18(10-16)14-23/h3-6,16-18H,1-2,7-15H2/q+1. The number of carbonyl (C=O) groups is 2. The Bertz CT molecular complexity index is 697. The van der Waals surface area contributed by atoms with E-state index in [0.717, 1.165) is 42.6 Å². The van der Waals surface area contributed by atoms with E-state index >= 15 is 0 Å². The average molecular weight is 386 g/mol. The van der Waals surface area contributed by atoms with E-state index in [-0.39, 0.29) is 28.1 Å². The van der Waals surface area contributed by atoms with E-state index in [0.29, 0.717) is 11.5 Å². The summed E-state index contributed by atoms with van der Waals surface area (Å²) in [6.45, 7) is 0. The largest absolute Gasteiger partial charge is 0.426 e. The summed E-state index contributed by atoms with van der Waals surface area (Å²) in [6, 6.07) is 7.29. The lowest BCUT2D eigenvalue weighted by molar-refractivity contribution is -0.161. The molecule has 4 saturated carbocycles. The molecule has 0 radical (unpaired) electrons. The molecule has 5 fully saturated rings. The van der Waals surface area contributed by atoms with Crippen molar-refractivity contribution in [3.8, 4) is 5.75 Å². The molecule has 3 nitrogen and oxygen atoms in total. The van der Waals surface area contributed by atoms with Crippen LogP contribution in [0.4, 0.5) is 0 Å². The minimum absolute atomic E-state index is 0.0203. The highest BCUT2D eigenvalue weighted by Crippen LogP contribution is 2.60. The molecule has 5 aliphatic rings. The van der Waals surface area contributed by atoms with Crippen molar-refractivity contribution in [2.45, 2.75) is 51.4 Å². The minimum Gasteiger partial charge on any atom is -0.426 e. The molecule has 0 N–H and O–H groups in total. The van der Waals surface area contributed by atoms with E-state index in [9.17, 15) is 9.59 Å². The number of benzene rings is 1. The molecule has 1 aliphatic heterocycles. The molecule has 0 amide bonds. The Labute approximate surface area is 164 Å². The number of ketones is 1. The zero-order valence-electron chi connectivity index (χ0n) is 16.0. The topological polar surface area (TPSA) is 43.4 Å². The zero-order valence-corrected chi connectivity index (χ0v) is 16.8. The van der Waals surface area contributed by atoms with Crippen molar-refractivity contribution in [2.75, 3.05) is 17.3 Å². The maximum Gasteiger partial charge on any atom is 0.317 e. The van der Waals surface area contributed by atoms with E-state index in [1.165, 1.54) is 43.6 Å². The van der Waals surface area contributed by atoms with E-state index in [1.807, 2.05) is 24.3 Å². The molecule has 4 aliphatic carbocycles. The third-order valence-corrected chi connectivity index (χ3v) is 9.71. The fourth-order valence-electron chi connectivity index (χ4n) is 6.41. The maximum atomic E-state index is 13.0. The second kappa shape index (κ2) is 6.95. The zero-order chi connectivity index (χ0) is 18.4. The van der Waals surface area contributed by atoms with Crippen LogP contribution in [0.1, 0.15) is 61.7 Å². The van der Waals surface area contributed by atoms with Gasteiger partial charge in [-0.25, -0.2) is 0 Å².